The number of anilines is 2. The van der Waals surface area contributed by atoms with Crippen LogP contribution in [0.2, 0.25) is 0 Å². The maximum absolute atomic E-state index is 4.29. The van der Waals surface area contributed by atoms with Gasteiger partial charge < -0.3 is 0 Å². The van der Waals surface area contributed by atoms with Crippen molar-refractivity contribution in [3.63, 3.8) is 0 Å². The van der Waals surface area contributed by atoms with Gasteiger partial charge in [0.25, 0.3) is 0 Å². The first-order valence-corrected chi connectivity index (χ1v) is 7.32. The molecule has 0 aliphatic heterocycles. The van der Waals surface area contributed by atoms with Crippen molar-refractivity contribution in [1.29, 1.82) is 0 Å². The molecule has 2 heterocycles. The minimum absolute atomic E-state index is 0.855. The van der Waals surface area contributed by atoms with Gasteiger partial charge in [0.15, 0.2) is 0 Å². The minimum Gasteiger partial charge on any atom is -0.299 e. The molecule has 2 aromatic carbocycles. The second kappa shape index (κ2) is 4.66. The fourth-order valence-corrected chi connectivity index (χ4v) is 3.05. The van der Waals surface area contributed by atoms with Gasteiger partial charge in [-0.15, -0.1) is 0 Å². The quantitative estimate of drug-likeness (QED) is 0.566. The maximum Gasteiger partial charge on any atom is 0.129 e. The summed E-state index contributed by atoms with van der Waals surface area (Å²) in [5.74, 6) is 0. The summed E-state index contributed by atoms with van der Waals surface area (Å²) in [4.78, 5) is 0. The van der Waals surface area contributed by atoms with Crippen molar-refractivity contribution in [1.82, 2.24) is 17.5 Å². The molecule has 0 aliphatic rings. The van der Waals surface area contributed by atoms with Crippen LogP contribution < -0.4 is 10.9 Å². The summed E-state index contributed by atoms with van der Waals surface area (Å²) in [5.41, 5.74) is 11.6. The second-order valence-electron chi connectivity index (χ2n) is 4.13. The standard InChI is InChI=1S/C12H8N6S2/c1-3-7(11-9(5-1)15-19-17-11)13-14-8-4-2-6-10-12(8)18-20-16-10/h1-6,13-14H. The Hall–Kier alpha value is -2.32. The molecule has 0 spiro atoms. The van der Waals surface area contributed by atoms with Gasteiger partial charge in [-0.05, 0) is 24.3 Å². The highest BCUT2D eigenvalue weighted by Gasteiger charge is 2.07. The van der Waals surface area contributed by atoms with Gasteiger partial charge >= 0.3 is 0 Å². The van der Waals surface area contributed by atoms with Gasteiger partial charge in [-0.25, -0.2) is 0 Å². The molecule has 98 valence electrons. The number of hydrogen-bond acceptors (Lipinski definition) is 8. The smallest absolute Gasteiger partial charge is 0.129 e. The van der Waals surface area contributed by atoms with E-state index < -0.39 is 0 Å². The average Bonchev–Trinajstić information content (AvgIpc) is 3.13. The molecule has 0 unspecified atom stereocenters. The van der Waals surface area contributed by atoms with E-state index >= 15 is 0 Å². The van der Waals surface area contributed by atoms with Crippen LogP contribution in [0.3, 0.4) is 0 Å². The lowest BCUT2D eigenvalue weighted by molar-refractivity contribution is 1.42. The molecule has 8 heteroatoms. The number of rotatable bonds is 3. The van der Waals surface area contributed by atoms with Crippen molar-refractivity contribution in [3.8, 4) is 0 Å². The molecule has 20 heavy (non-hydrogen) atoms. The van der Waals surface area contributed by atoms with Crippen molar-refractivity contribution in [2.75, 3.05) is 10.9 Å². The third-order valence-electron chi connectivity index (χ3n) is 2.90. The first-order chi connectivity index (χ1) is 9.92. The molecule has 0 aliphatic carbocycles. The predicted molar refractivity (Wildman–Crippen MR) is 82.1 cm³/mol. The van der Waals surface area contributed by atoms with Gasteiger partial charge in [-0.3, -0.25) is 10.9 Å². The fourth-order valence-electron chi connectivity index (χ4n) is 1.95. The molecule has 0 atom stereocenters. The summed E-state index contributed by atoms with van der Waals surface area (Å²) in [5, 5.41) is 0. The van der Waals surface area contributed by atoms with E-state index in [1.807, 2.05) is 36.4 Å². The Bertz CT molecular complexity index is 810. The van der Waals surface area contributed by atoms with Crippen molar-refractivity contribution in [2.24, 2.45) is 0 Å². The molecule has 0 saturated heterocycles. The molecular formula is C12H8N6S2. The lowest BCUT2D eigenvalue weighted by Gasteiger charge is -2.09. The number of benzene rings is 2. The molecule has 2 N–H and O–H groups in total. The molecule has 6 nitrogen and oxygen atoms in total. The van der Waals surface area contributed by atoms with Gasteiger partial charge in [0.05, 0.1) is 34.8 Å². The van der Waals surface area contributed by atoms with Crippen LogP contribution in [0, 0.1) is 0 Å². The van der Waals surface area contributed by atoms with Gasteiger partial charge in [0, 0.05) is 0 Å². The van der Waals surface area contributed by atoms with Crippen LogP contribution in [0.1, 0.15) is 0 Å². The highest BCUT2D eigenvalue weighted by molar-refractivity contribution is 7.00. The lowest BCUT2D eigenvalue weighted by Crippen LogP contribution is -2.09. The molecule has 0 radical (unpaired) electrons. The van der Waals surface area contributed by atoms with E-state index in [1.165, 1.54) is 23.5 Å². The zero-order chi connectivity index (χ0) is 13.4. The Morgan fingerprint density at radius 3 is 1.65 bits per heavy atom. The summed E-state index contributed by atoms with van der Waals surface area (Å²) in [7, 11) is 0. The molecule has 0 fully saturated rings. The van der Waals surface area contributed by atoms with E-state index in [0.29, 0.717) is 0 Å². The van der Waals surface area contributed by atoms with Crippen LogP contribution in [0.15, 0.2) is 36.4 Å². The first-order valence-electron chi connectivity index (χ1n) is 5.86. The van der Waals surface area contributed by atoms with E-state index in [9.17, 15) is 0 Å². The normalized spacial score (nSPS) is 11.0. The molecule has 4 aromatic rings. The van der Waals surface area contributed by atoms with Crippen molar-refractivity contribution < 1.29 is 0 Å². The topological polar surface area (TPSA) is 75.6 Å². The Balaban J connectivity index is 1.67. The molecular weight excluding hydrogens is 292 g/mol. The molecule has 2 aromatic heterocycles. The summed E-state index contributed by atoms with van der Waals surface area (Å²) in [6, 6.07) is 11.7. The van der Waals surface area contributed by atoms with E-state index in [0.717, 1.165) is 33.4 Å². The average molecular weight is 300 g/mol. The zero-order valence-corrected chi connectivity index (χ0v) is 11.7. The molecule has 4 rings (SSSR count). The Morgan fingerprint density at radius 2 is 1.15 bits per heavy atom. The van der Waals surface area contributed by atoms with Gasteiger partial charge in [0.2, 0.25) is 0 Å². The Morgan fingerprint density at radius 1 is 0.650 bits per heavy atom. The highest BCUT2D eigenvalue weighted by atomic mass is 32.1. The zero-order valence-electron chi connectivity index (χ0n) is 10.1. The van der Waals surface area contributed by atoms with Crippen molar-refractivity contribution >= 4 is 56.9 Å². The molecule has 0 amide bonds. The third kappa shape index (κ3) is 1.86. The van der Waals surface area contributed by atoms with Gasteiger partial charge in [-0.2, -0.15) is 17.5 Å². The van der Waals surface area contributed by atoms with Crippen LogP contribution in [0.4, 0.5) is 11.4 Å². The summed E-state index contributed by atoms with van der Waals surface area (Å²) in [6.07, 6.45) is 0. The maximum atomic E-state index is 4.29. The van der Waals surface area contributed by atoms with Crippen LogP contribution in [0.5, 0.6) is 0 Å². The number of hydrogen-bond donors (Lipinski definition) is 2. The van der Waals surface area contributed by atoms with E-state index in [4.69, 9.17) is 0 Å². The second-order valence-corrected chi connectivity index (χ2v) is 5.18. The lowest BCUT2D eigenvalue weighted by atomic mass is 10.2. The van der Waals surface area contributed by atoms with Crippen LogP contribution in [0.25, 0.3) is 22.1 Å². The number of hydrazine groups is 1. The third-order valence-corrected chi connectivity index (χ3v) is 3.99. The van der Waals surface area contributed by atoms with Gasteiger partial charge in [0.1, 0.15) is 22.1 Å². The number of fused-ring (bicyclic) bond motifs is 2. The first kappa shape index (κ1) is 11.5. The molecule has 0 bridgehead atoms. The van der Waals surface area contributed by atoms with E-state index in [2.05, 4.69) is 28.3 Å². The Labute approximate surface area is 122 Å². The van der Waals surface area contributed by atoms with E-state index in [-0.39, 0.29) is 0 Å². The monoisotopic (exact) mass is 300 g/mol. The largest absolute Gasteiger partial charge is 0.299 e. The van der Waals surface area contributed by atoms with Gasteiger partial charge in [-0.1, -0.05) is 12.1 Å². The highest BCUT2D eigenvalue weighted by Crippen LogP contribution is 2.24. The number of nitrogens with one attached hydrogen (secondary N) is 2. The Kier molecular flexibility index (Phi) is 2.68. The summed E-state index contributed by atoms with van der Waals surface area (Å²) >= 11 is 2.41. The fraction of sp³-hybridized carbons (Fsp3) is 0. The summed E-state index contributed by atoms with van der Waals surface area (Å²) < 4.78 is 17.0. The predicted octanol–water partition coefficient (Wildman–Crippen LogP) is 3.14. The SMILES string of the molecule is c1cc(NNc2cccc3nsnc23)c2nsnc2c1. The van der Waals surface area contributed by atoms with E-state index in [1.54, 1.807) is 0 Å². The number of aromatic nitrogens is 4. The number of nitrogens with zero attached hydrogens (tertiary/aromatic N) is 4. The van der Waals surface area contributed by atoms with Crippen molar-refractivity contribution in [2.45, 2.75) is 0 Å². The van der Waals surface area contributed by atoms with Crippen LogP contribution in [-0.2, 0) is 0 Å². The van der Waals surface area contributed by atoms with Crippen LogP contribution in [-0.4, -0.2) is 17.5 Å². The summed E-state index contributed by atoms with van der Waals surface area (Å²) in [6.45, 7) is 0. The minimum atomic E-state index is 0.855. The molecule has 0 saturated carbocycles. The van der Waals surface area contributed by atoms with Crippen molar-refractivity contribution in [3.05, 3.63) is 36.4 Å². The van der Waals surface area contributed by atoms with Crippen LogP contribution >= 0.6 is 23.5 Å².